The lowest BCUT2D eigenvalue weighted by molar-refractivity contribution is -0.142. The fraction of sp³-hybridized carbons (Fsp3) is 0.222. The SMILES string of the molecule is CC(=O)OCc1cccc(Br)c1N. The zero-order valence-electron chi connectivity index (χ0n) is 7.21. The lowest BCUT2D eigenvalue weighted by Gasteiger charge is -2.06. The van der Waals surface area contributed by atoms with E-state index in [-0.39, 0.29) is 12.6 Å². The Kier molecular flexibility index (Phi) is 3.31. The normalized spacial score (nSPS) is 9.69. The van der Waals surface area contributed by atoms with Crippen molar-refractivity contribution in [2.24, 2.45) is 0 Å². The predicted molar refractivity (Wildman–Crippen MR) is 54.0 cm³/mol. The smallest absolute Gasteiger partial charge is 0.302 e. The molecule has 0 aliphatic heterocycles. The maximum absolute atomic E-state index is 10.5. The average Bonchev–Trinajstić information content (AvgIpc) is 2.07. The van der Waals surface area contributed by atoms with Crippen molar-refractivity contribution in [2.75, 3.05) is 5.73 Å². The van der Waals surface area contributed by atoms with Crippen molar-refractivity contribution in [1.82, 2.24) is 0 Å². The summed E-state index contributed by atoms with van der Waals surface area (Å²) in [6.07, 6.45) is 0. The molecular formula is C9H10BrNO2. The Bertz CT molecular complexity index is 325. The van der Waals surface area contributed by atoms with E-state index < -0.39 is 0 Å². The lowest BCUT2D eigenvalue weighted by atomic mass is 10.2. The molecule has 0 radical (unpaired) electrons. The van der Waals surface area contributed by atoms with Crippen LogP contribution in [0, 0.1) is 0 Å². The van der Waals surface area contributed by atoms with Crippen LogP contribution in [-0.4, -0.2) is 5.97 Å². The van der Waals surface area contributed by atoms with Gasteiger partial charge in [0.15, 0.2) is 0 Å². The van der Waals surface area contributed by atoms with Crippen LogP contribution in [0.2, 0.25) is 0 Å². The van der Waals surface area contributed by atoms with E-state index in [1.165, 1.54) is 6.92 Å². The Morgan fingerprint density at radius 2 is 2.31 bits per heavy atom. The maximum Gasteiger partial charge on any atom is 0.302 e. The molecule has 70 valence electrons. The van der Waals surface area contributed by atoms with Crippen LogP contribution in [0.5, 0.6) is 0 Å². The molecule has 0 amide bonds. The number of halogens is 1. The van der Waals surface area contributed by atoms with Crippen molar-refractivity contribution in [3.05, 3.63) is 28.2 Å². The van der Waals surface area contributed by atoms with Crippen LogP contribution in [0.1, 0.15) is 12.5 Å². The van der Waals surface area contributed by atoms with Gasteiger partial charge in [-0.3, -0.25) is 4.79 Å². The summed E-state index contributed by atoms with van der Waals surface area (Å²) in [7, 11) is 0. The number of rotatable bonds is 2. The topological polar surface area (TPSA) is 52.3 Å². The van der Waals surface area contributed by atoms with Crippen molar-refractivity contribution in [2.45, 2.75) is 13.5 Å². The van der Waals surface area contributed by atoms with Crippen LogP contribution in [0.15, 0.2) is 22.7 Å². The maximum atomic E-state index is 10.5. The minimum absolute atomic E-state index is 0.223. The number of hydrogen-bond donors (Lipinski definition) is 1. The van der Waals surface area contributed by atoms with Gasteiger partial charge in [0.1, 0.15) is 6.61 Å². The number of para-hydroxylation sites is 1. The monoisotopic (exact) mass is 243 g/mol. The lowest BCUT2D eigenvalue weighted by Crippen LogP contribution is -2.02. The molecule has 0 heterocycles. The number of anilines is 1. The third kappa shape index (κ3) is 2.73. The number of benzene rings is 1. The number of esters is 1. The van der Waals surface area contributed by atoms with Crippen molar-refractivity contribution >= 4 is 27.6 Å². The molecule has 0 spiro atoms. The summed E-state index contributed by atoms with van der Waals surface area (Å²) in [6, 6.07) is 5.51. The van der Waals surface area contributed by atoms with Gasteiger partial charge in [0.2, 0.25) is 0 Å². The number of hydrogen-bond acceptors (Lipinski definition) is 3. The average molecular weight is 244 g/mol. The highest BCUT2D eigenvalue weighted by molar-refractivity contribution is 9.10. The minimum atomic E-state index is -0.306. The minimum Gasteiger partial charge on any atom is -0.461 e. The Labute approximate surface area is 85.0 Å². The number of nitrogens with two attached hydrogens (primary N) is 1. The van der Waals surface area contributed by atoms with E-state index in [0.717, 1.165) is 10.0 Å². The molecule has 3 nitrogen and oxygen atoms in total. The molecule has 0 saturated carbocycles. The summed E-state index contributed by atoms with van der Waals surface area (Å²) in [6.45, 7) is 1.59. The van der Waals surface area contributed by atoms with E-state index in [4.69, 9.17) is 10.5 Å². The van der Waals surface area contributed by atoms with E-state index in [2.05, 4.69) is 15.9 Å². The van der Waals surface area contributed by atoms with E-state index in [1.54, 1.807) is 0 Å². The first kappa shape index (κ1) is 10.1. The van der Waals surface area contributed by atoms with E-state index in [1.807, 2.05) is 18.2 Å². The second-order valence-corrected chi connectivity index (χ2v) is 3.45. The van der Waals surface area contributed by atoms with Gasteiger partial charge in [0.05, 0.1) is 5.69 Å². The molecule has 1 aromatic rings. The predicted octanol–water partition coefficient (Wildman–Crippen LogP) is 2.09. The summed E-state index contributed by atoms with van der Waals surface area (Å²) < 4.78 is 5.64. The first-order valence-corrected chi connectivity index (χ1v) is 4.57. The number of carbonyl (C=O) groups excluding carboxylic acids is 1. The number of ether oxygens (including phenoxy) is 1. The van der Waals surface area contributed by atoms with Gasteiger partial charge in [0, 0.05) is 17.0 Å². The summed E-state index contributed by atoms with van der Waals surface area (Å²) in [4.78, 5) is 10.5. The van der Waals surface area contributed by atoms with Crippen molar-refractivity contribution in [3.63, 3.8) is 0 Å². The van der Waals surface area contributed by atoms with Crippen molar-refractivity contribution in [1.29, 1.82) is 0 Å². The van der Waals surface area contributed by atoms with E-state index >= 15 is 0 Å². The number of carbonyl (C=O) groups is 1. The van der Waals surface area contributed by atoms with Crippen LogP contribution in [0.3, 0.4) is 0 Å². The molecule has 13 heavy (non-hydrogen) atoms. The highest BCUT2D eigenvalue weighted by Gasteiger charge is 2.03. The molecule has 0 aliphatic carbocycles. The second-order valence-electron chi connectivity index (χ2n) is 2.59. The van der Waals surface area contributed by atoms with Gasteiger partial charge >= 0.3 is 5.97 Å². The van der Waals surface area contributed by atoms with Gasteiger partial charge in [-0.05, 0) is 22.0 Å². The third-order valence-corrected chi connectivity index (χ3v) is 2.27. The molecule has 0 bridgehead atoms. The molecule has 0 aliphatic rings. The Balaban J connectivity index is 2.77. The zero-order chi connectivity index (χ0) is 9.84. The van der Waals surface area contributed by atoms with Gasteiger partial charge in [-0.15, -0.1) is 0 Å². The molecular weight excluding hydrogens is 234 g/mol. The fourth-order valence-corrected chi connectivity index (χ4v) is 1.29. The molecule has 0 saturated heterocycles. The van der Waals surface area contributed by atoms with Crippen LogP contribution in [-0.2, 0) is 16.1 Å². The molecule has 1 rings (SSSR count). The molecule has 0 unspecified atom stereocenters. The summed E-state index contributed by atoms with van der Waals surface area (Å²) in [5.41, 5.74) is 7.16. The highest BCUT2D eigenvalue weighted by Crippen LogP contribution is 2.23. The quantitative estimate of drug-likeness (QED) is 0.640. The Morgan fingerprint density at radius 3 is 2.92 bits per heavy atom. The van der Waals surface area contributed by atoms with Gasteiger partial charge < -0.3 is 10.5 Å². The summed E-state index contributed by atoms with van der Waals surface area (Å²) in [5, 5.41) is 0. The Morgan fingerprint density at radius 1 is 1.62 bits per heavy atom. The van der Waals surface area contributed by atoms with Crippen LogP contribution in [0.25, 0.3) is 0 Å². The van der Waals surface area contributed by atoms with Crippen LogP contribution < -0.4 is 5.73 Å². The van der Waals surface area contributed by atoms with Crippen LogP contribution >= 0.6 is 15.9 Å². The zero-order valence-corrected chi connectivity index (χ0v) is 8.80. The van der Waals surface area contributed by atoms with E-state index in [9.17, 15) is 4.79 Å². The van der Waals surface area contributed by atoms with Crippen LogP contribution in [0.4, 0.5) is 5.69 Å². The van der Waals surface area contributed by atoms with Crippen molar-refractivity contribution in [3.8, 4) is 0 Å². The molecule has 2 N–H and O–H groups in total. The standard InChI is InChI=1S/C9H10BrNO2/c1-6(12)13-5-7-3-2-4-8(10)9(7)11/h2-4H,5,11H2,1H3. The third-order valence-electron chi connectivity index (χ3n) is 1.57. The largest absolute Gasteiger partial charge is 0.461 e. The number of nitrogen functional groups attached to an aromatic ring is 1. The van der Waals surface area contributed by atoms with Gasteiger partial charge in [-0.2, -0.15) is 0 Å². The van der Waals surface area contributed by atoms with Gasteiger partial charge in [-0.25, -0.2) is 0 Å². The molecule has 0 atom stereocenters. The Hall–Kier alpha value is -1.03. The first-order chi connectivity index (χ1) is 6.11. The van der Waals surface area contributed by atoms with Gasteiger partial charge in [-0.1, -0.05) is 12.1 Å². The summed E-state index contributed by atoms with van der Waals surface area (Å²) in [5.74, 6) is -0.306. The second kappa shape index (κ2) is 4.28. The molecule has 0 aromatic heterocycles. The molecule has 0 fully saturated rings. The first-order valence-electron chi connectivity index (χ1n) is 3.77. The van der Waals surface area contributed by atoms with E-state index in [0.29, 0.717) is 5.69 Å². The van der Waals surface area contributed by atoms with Gasteiger partial charge in [0.25, 0.3) is 0 Å². The van der Waals surface area contributed by atoms with Crippen molar-refractivity contribution < 1.29 is 9.53 Å². The molecule has 1 aromatic carbocycles. The highest BCUT2D eigenvalue weighted by atomic mass is 79.9. The fourth-order valence-electron chi connectivity index (χ4n) is 0.887. The summed E-state index contributed by atoms with van der Waals surface area (Å²) >= 11 is 3.29. The molecule has 4 heteroatoms.